The van der Waals surface area contributed by atoms with Crippen LogP contribution >= 0.6 is 0 Å². The van der Waals surface area contributed by atoms with Gasteiger partial charge in [0.15, 0.2) is 0 Å². The molecule has 2 rings (SSSR count). The molecule has 2 atom stereocenters. The Kier molecular flexibility index (Phi) is 2.19. The molecule has 0 unspecified atom stereocenters. The van der Waals surface area contributed by atoms with Crippen LogP contribution in [0.4, 0.5) is 4.79 Å². The molecule has 1 aliphatic heterocycles. The van der Waals surface area contributed by atoms with Gasteiger partial charge in [-0.15, -0.1) is 0 Å². The van der Waals surface area contributed by atoms with Crippen LogP contribution in [0.15, 0.2) is 0 Å². The van der Waals surface area contributed by atoms with Gasteiger partial charge in [-0.3, -0.25) is 4.90 Å². The number of hydrogen-bond donors (Lipinski definition) is 1. The van der Waals surface area contributed by atoms with Crippen molar-refractivity contribution >= 4 is 12.1 Å². The predicted molar refractivity (Wildman–Crippen MR) is 56.0 cm³/mol. The highest BCUT2D eigenvalue weighted by Gasteiger charge is 2.69. The van der Waals surface area contributed by atoms with Gasteiger partial charge in [0.1, 0.15) is 11.1 Å². The molecular formula is C11H17NO4. The van der Waals surface area contributed by atoms with Crippen LogP contribution in [0.2, 0.25) is 0 Å². The number of carboxylic acid groups (broad SMARTS) is 1. The molecule has 0 spiro atoms. The molecule has 1 heterocycles. The van der Waals surface area contributed by atoms with E-state index in [-0.39, 0.29) is 5.92 Å². The van der Waals surface area contributed by atoms with Gasteiger partial charge in [0.25, 0.3) is 0 Å². The van der Waals surface area contributed by atoms with E-state index in [2.05, 4.69) is 0 Å². The number of hydrogen-bond acceptors (Lipinski definition) is 3. The first-order valence-corrected chi connectivity index (χ1v) is 5.51. The van der Waals surface area contributed by atoms with Gasteiger partial charge in [-0.1, -0.05) is 0 Å². The third-order valence-corrected chi connectivity index (χ3v) is 3.24. The number of ether oxygens (including phenoxy) is 1. The minimum atomic E-state index is -0.956. The van der Waals surface area contributed by atoms with E-state index in [9.17, 15) is 14.7 Å². The molecule has 2 aliphatic rings. The topological polar surface area (TPSA) is 66.8 Å². The molecular weight excluding hydrogens is 210 g/mol. The summed E-state index contributed by atoms with van der Waals surface area (Å²) in [6.07, 6.45) is 0.836. The highest BCUT2D eigenvalue weighted by Crippen LogP contribution is 2.56. The highest BCUT2D eigenvalue weighted by molar-refractivity contribution is 5.89. The molecule has 0 aromatic heterocycles. The van der Waals surface area contributed by atoms with Gasteiger partial charge in [-0.25, -0.2) is 9.59 Å². The van der Waals surface area contributed by atoms with E-state index in [1.54, 1.807) is 20.8 Å². The lowest BCUT2D eigenvalue weighted by Gasteiger charge is -2.28. The molecule has 90 valence electrons. The van der Waals surface area contributed by atoms with E-state index in [0.717, 1.165) is 6.42 Å². The van der Waals surface area contributed by atoms with E-state index >= 15 is 0 Å². The first-order chi connectivity index (χ1) is 7.27. The average Bonchev–Trinajstić information content (AvgIpc) is 2.70. The van der Waals surface area contributed by atoms with E-state index in [4.69, 9.17) is 4.74 Å². The van der Waals surface area contributed by atoms with Crippen molar-refractivity contribution in [3.8, 4) is 0 Å². The van der Waals surface area contributed by atoms with Gasteiger partial charge in [0, 0.05) is 6.54 Å². The second kappa shape index (κ2) is 3.12. The van der Waals surface area contributed by atoms with Crippen LogP contribution in [-0.4, -0.2) is 39.8 Å². The SMILES string of the molecule is CC(C)(C)OC(=O)N1CC[C@H]2C[C@]21C(=O)O. The Balaban J connectivity index is 2.11. The maximum absolute atomic E-state index is 11.8. The maximum atomic E-state index is 11.8. The van der Waals surface area contributed by atoms with Crippen LogP contribution in [0.5, 0.6) is 0 Å². The third kappa shape index (κ3) is 1.54. The second-order valence-electron chi connectivity index (χ2n) is 5.55. The number of carboxylic acids is 1. The molecule has 1 amide bonds. The second-order valence-corrected chi connectivity index (χ2v) is 5.55. The molecule has 0 bridgehead atoms. The summed E-state index contributed by atoms with van der Waals surface area (Å²) in [6.45, 7) is 5.82. The average molecular weight is 227 g/mol. The monoisotopic (exact) mass is 227 g/mol. The predicted octanol–water partition coefficient (Wildman–Crippen LogP) is 1.47. The largest absolute Gasteiger partial charge is 0.479 e. The van der Waals surface area contributed by atoms with Gasteiger partial charge < -0.3 is 9.84 Å². The molecule has 1 saturated heterocycles. The summed E-state index contributed by atoms with van der Waals surface area (Å²) in [5.74, 6) is -0.779. The van der Waals surface area contributed by atoms with Crippen molar-refractivity contribution in [2.45, 2.75) is 44.8 Å². The molecule has 1 saturated carbocycles. The number of carbonyl (C=O) groups excluding carboxylic acids is 1. The molecule has 1 aliphatic carbocycles. The molecule has 5 heteroatoms. The lowest BCUT2D eigenvalue weighted by molar-refractivity contribution is -0.144. The molecule has 0 aromatic carbocycles. The number of amides is 1. The van der Waals surface area contributed by atoms with Gasteiger partial charge in [0.05, 0.1) is 0 Å². The molecule has 16 heavy (non-hydrogen) atoms. The first kappa shape index (κ1) is 11.2. The normalized spacial score (nSPS) is 32.2. The van der Waals surface area contributed by atoms with E-state index in [0.29, 0.717) is 13.0 Å². The van der Waals surface area contributed by atoms with E-state index in [1.807, 2.05) is 0 Å². The third-order valence-electron chi connectivity index (χ3n) is 3.24. The van der Waals surface area contributed by atoms with Crippen LogP contribution in [-0.2, 0) is 9.53 Å². The number of nitrogens with zero attached hydrogens (tertiary/aromatic N) is 1. The fourth-order valence-corrected chi connectivity index (χ4v) is 2.42. The van der Waals surface area contributed by atoms with Crippen molar-refractivity contribution in [1.29, 1.82) is 0 Å². The quantitative estimate of drug-likeness (QED) is 0.736. The summed E-state index contributed by atoms with van der Waals surface area (Å²) in [5.41, 5.74) is -1.54. The van der Waals surface area contributed by atoms with Crippen molar-refractivity contribution in [2.75, 3.05) is 6.54 Å². The van der Waals surface area contributed by atoms with Gasteiger partial charge in [0.2, 0.25) is 0 Å². The Hall–Kier alpha value is -1.26. The number of rotatable bonds is 1. The Morgan fingerprint density at radius 1 is 1.44 bits per heavy atom. The van der Waals surface area contributed by atoms with E-state index in [1.165, 1.54) is 4.90 Å². The van der Waals surface area contributed by atoms with Crippen LogP contribution < -0.4 is 0 Å². The molecule has 1 N–H and O–H groups in total. The number of aliphatic carboxylic acids is 1. The zero-order chi connectivity index (χ0) is 12.1. The van der Waals surface area contributed by atoms with Crippen LogP contribution in [0, 0.1) is 5.92 Å². The Bertz CT molecular complexity index is 346. The minimum absolute atomic E-state index is 0.123. The lowest BCUT2D eigenvalue weighted by Crippen LogP contribution is -2.47. The van der Waals surface area contributed by atoms with Crippen molar-refractivity contribution in [3.63, 3.8) is 0 Å². The Morgan fingerprint density at radius 3 is 2.50 bits per heavy atom. The molecule has 0 radical (unpaired) electrons. The van der Waals surface area contributed by atoms with E-state index < -0.39 is 23.2 Å². The number of carbonyl (C=O) groups is 2. The zero-order valence-corrected chi connectivity index (χ0v) is 9.82. The van der Waals surface area contributed by atoms with Gasteiger partial charge >= 0.3 is 12.1 Å². The number of piperidine rings is 1. The molecule has 0 aromatic rings. The number of fused-ring (bicyclic) bond motifs is 1. The summed E-state index contributed by atoms with van der Waals surface area (Å²) < 4.78 is 5.22. The van der Waals surface area contributed by atoms with Crippen molar-refractivity contribution in [3.05, 3.63) is 0 Å². The smallest absolute Gasteiger partial charge is 0.411 e. The fourth-order valence-electron chi connectivity index (χ4n) is 2.42. The first-order valence-electron chi connectivity index (χ1n) is 5.51. The summed E-state index contributed by atoms with van der Waals surface area (Å²) in [5, 5.41) is 9.18. The summed E-state index contributed by atoms with van der Waals surface area (Å²) in [6, 6.07) is 0. The van der Waals surface area contributed by atoms with Crippen molar-refractivity contribution < 1.29 is 19.4 Å². The van der Waals surface area contributed by atoms with Crippen LogP contribution in [0.3, 0.4) is 0 Å². The Morgan fingerprint density at radius 2 is 2.06 bits per heavy atom. The van der Waals surface area contributed by atoms with Crippen molar-refractivity contribution in [1.82, 2.24) is 4.90 Å². The number of likely N-dealkylation sites (tertiary alicyclic amines) is 1. The summed E-state index contributed by atoms with van der Waals surface area (Å²) in [7, 11) is 0. The summed E-state index contributed by atoms with van der Waals surface area (Å²) >= 11 is 0. The van der Waals surface area contributed by atoms with Gasteiger partial charge in [-0.05, 0) is 39.5 Å². The lowest BCUT2D eigenvalue weighted by atomic mass is 10.2. The minimum Gasteiger partial charge on any atom is -0.479 e. The molecule has 5 nitrogen and oxygen atoms in total. The fraction of sp³-hybridized carbons (Fsp3) is 0.818. The molecule has 2 fully saturated rings. The Labute approximate surface area is 94.4 Å². The highest BCUT2D eigenvalue weighted by atomic mass is 16.6. The van der Waals surface area contributed by atoms with Crippen LogP contribution in [0.1, 0.15) is 33.6 Å². The maximum Gasteiger partial charge on any atom is 0.411 e. The summed E-state index contributed by atoms with van der Waals surface area (Å²) in [4.78, 5) is 24.4. The van der Waals surface area contributed by atoms with Crippen LogP contribution in [0.25, 0.3) is 0 Å². The van der Waals surface area contributed by atoms with Crippen molar-refractivity contribution in [2.24, 2.45) is 5.92 Å². The van der Waals surface area contributed by atoms with Gasteiger partial charge in [-0.2, -0.15) is 0 Å². The zero-order valence-electron chi connectivity index (χ0n) is 9.82. The standard InChI is InChI=1S/C11H17NO4/c1-10(2,3)16-9(15)12-5-4-7-6-11(7,12)8(13)14/h7H,4-6H2,1-3H3,(H,13,14)/t7-,11+/m0/s1.